The molecule has 0 atom stereocenters. The lowest BCUT2D eigenvalue weighted by molar-refractivity contribution is 1.17. The summed E-state index contributed by atoms with van der Waals surface area (Å²) in [5.74, 6) is 0. The first-order valence-electron chi connectivity index (χ1n) is 7.48. The van der Waals surface area contributed by atoms with Crippen molar-refractivity contribution in [1.29, 1.82) is 0 Å². The van der Waals surface area contributed by atoms with Crippen LogP contribution in [0.1, 0.15) is 22.3 Å². The summed E-state index contributed by atoms with van der Waals surface area (Å²) in [6.45, 7) is 0. The van der Waals surface area contributed by atoms with Gasteiger partial charge in [-0.1, -0.05) is 72.8 Å². The summed E-state index contributed by atoms with van der Waals surface area (Å²) in [7, 11) is 0. The van der Waals surface area contributed by atoms with E-state index < -0.39 is 0 Å². The first-order chi connectivity index (χ1) is 10.4. The molecule has 0 nitrogen and oxygen atoms in total. The van der Waals surface area contributed by atoms with Crippen LogP contribution in [0.15, 0.2) is 72.8 Å². The highest BCUT2D eigenvalue weighted by Gasteiger charge is 2.66. The highest BCUT2D eigenvalue weighted by molar-refractivity contribution is 6.08. The molecule has 21 heavy (non-hydrogen) atoms. The zero-order chi connectivity index (χ0) is 13.6. The second-order valence-electron chi connectivity index (χ2n) is 6.17. The molecule has 0 aliphatic heterocycles. The van der Waals surface area contributed by atoms with Gasteiger partial charge in [0.05, 0.1) is 5.41 Å². The van der Waals surface area contributed by atoms with Gasteiger partial charge in [0.15, 0.2) is 0 Å². The molecule has 0 fully saturated rings. The fourth-order valence-corrected chi connectivity index (χ4v) is 4.34. The normalized spacial score (nSPS) is 16.0. The van der Waals surface area contributed by atoms with E-state index in [1.165, 1.54) is 32.7 Å². The summed E-state index contributed by atoms with van der Waals surface area (Å²) in [6, 6.07) is 26.7. The third-order valence-corrected chi connectivity index (χ3v) is 5.29. The molecular weight excluding hydrogens is 252 g/mol. The number of benzene rings is 4. The Labute approximate surface area is 122 Å². The van der Waals surface area contributed by atoms with Crippen molar-refractivity contribution in [2.45, 2.75) is 5.41 Å². The number of hydrogen-bond donors (Lipinski definition) is 0. The monoisotopic (exact) mass is 264 g/mol. The Morgan fingerprint density at radius 2 is 0.952 bits per heavy atom. The van der Waals surface area contributed by atoms with Crippen LogP contribution in [0.2, 0.25) is 0 Å². The second kappa shape index (κ2) is 3.01. The summed E-state index contributed by atoms with van der Waals surface area (Å²) in [5.41, 5.74) is 6.31. The molecule has 96 valence electrons. The van der Waals surface area contributed by atoms with E-state index in [-0.39, 0.29) is 5.41 Å². The molecule has 0 saturated carbocycles. The van der Waals surface area contributed by atoms with Crippen molar-refractivity contribution >= 4 is 21.5 Å². The van der Waals surface area contributed by atoms with E-state index in [1.54, 1.807) is 11.1 Å². The third kappa shape index (κ3) is 0.965. The molecule has 0 radical (unpaired) electrons. The smallest absolute Gasteiger partial charge is 0.0616 e. The SMILES string of the molecule is c1ccc2c3c(ccc2c1)C31c2ccc3ccccc3c21. The molecule has 2 aliphatic rings. The van der Waals surface area contributed by atoms with Crippen molar-refractivity contribution < 1.29 is 0 Å². The van der Waals surface area contributed by atoms with E-state index in [4.69, 9.17) is 0 Å². The summed E-state index contributed by atoms with van der Waals surface area (Å²) in [5, 5.41) is 5.57. The molecule has 0 bridgehead atoms. The molecule has 0 unspecified atom stereocenters. The quantitative estimate of drug-likeness (QED) is 0.362. The van der Waals surface area contributed by atoms with Crippen molar-refractivity contribution in [1.82, 2.24) is 0 Å². The second-order valence-corrected chi connectivity index (χ2v) is 6.17. The third-order valence-electron chi connectivity index (χ3n) is 5.29. The Morgan fingerprint density at radius 3 is 1.48 bits per heavy atom. The summed E-state index contributed by atoms with van der Waals surface area (Å²) < 4.78 is 0. The highest BCUT2D eigenvalue weighted by atomic mass is 14.7. The molecule has 4 aromatic carbocycles. The number of rotatable bonds is 0. The summed E-state index contributed by atoms with van der Waals surface area (Å²) in [4.78, 5) is 0. The number of fused-ring (bicyclic) bond motifs is 10. The van der Waals surface area contributed by atoms with Crippen LogP contribution in [0, 0.1) is 0 Å². The highest BCUT2D eigenvalue weighted by Crippen LogP contribution is 2.73. The van der Waals surface area contributed by atoms with Gasteiger partial charge in [-0.15, -0.1) is 0 Å². The fourth-order valence-electron chi connectivity index (χ4n) is 4.34. The van der Waals surface area contributed by atoms with E-state index in [2.05, 4.69) is 72.8 Å². The van der Waals surface area contributed by atoms with Crippen molar-refractivity contribution in [3.63, 3.8) is 0 Å². The van der Waals surface area contributed by atoms with Crippen molar-refractivity contribution in [2.24, 2.45) is 0 Å². The van der Waals surface area contributed by atoms with Gasteiger partial charge in [-0.3, -0.25) is 0 Å². The largest absolute Gasteiger partial charge is 0.0726 e. The zero-order valence-electron chi connectivity index (χ0n) is 11.4. The molecule has 2 aliphatic carbocycles. The molecular formula is C21H12. The van der Waals surface area contributed by atoms with Gasteiger partial charge >= 0.3 is 0 Å². The van der Waals surface area contributed by atoms with Gasteiger partial charge in [0.25, 0.3) is 0 Å². The lowest BCUT2D eigenvalue weighted by Gasteiger charge is -1.94. The summed E-state index contributed by atoms with van der Waals surface area (Å²) >= 11 is 0. The fraction of sp³-hybridized carbons (Fsp3) is 0.0476. The van der Waals surface area contributed by atoms with Crippen molar-refractivity contribution in [3.8, 4) is 0 Å². The van der Waals surface area contributed by atoms with Crippen LogP contribution in [0.5, 0.6) is 0 Å². The average Bonchev–Trinajstić information content (AvgIpc) is 3.43. The van der Waals surface area contributed by atoms with E-state index in [0.717, 1.165) is 0 Å². The Hall–Kier alpha value is -2.60. The summed E-state index contributed by atoms with van der Waals surface area (Å²) in [6.07, 6.45) is 0. The van der Waals surface area contributed by atoms with Gasteiger partial charge in [0.1, 0.15) is 0 Å². The standard InChI is InChI=1S/C21H12/c1-3-7-15-13(5-1)9-11-17-19(15)21(17)18-12-10-14-6-2-4-8-16(14)20(18)21/h1-12H. The topological polar surface area (TPSA) is 0 Å². The maximum Gasteiger partial charge on any atom is 0.0726 e. The van der Waals surface area contributed by atoms with Gasteiger partial charge in [0.2, 0.25) is 0 Å². The predicted molar refractivity (Wildman–Crippen MR) is 86.9 cm³/mol. The first-order valence-corrected chi connectivity index (χ1v) is 7.48. The predicted octanol–water partition coefficient (Wildman–Crippen LogP) is 5.00. The lowest BCUT2D eigenvalue weighted by Crippen LogP contribution is -1.82. The van der Waals surface area contributed by atoms with Gasteiger partial charge in [0, 0.05) is 0 Å². The van der Waals surface area contributed by atoms with Crippen LogP contribution in [0.3, 0.4) is 0 Å². The minimum Gasteiger partial charge on any atom is -0.0616 e. The van der Waals surface area contributed by atoms with Crippen molar-refractivity contribution in [3.05, 3.63) is 95.1 Å². The van der Waals surface area contributed by atoms with Gasteiger partial charge in [-0.25, -0.2) is 0 Å². The molecule has 0 amide bonds. The molecule has 0 heteroatoms. The van der Waals surface area contributed by atoms with Crippen LogP contribution >= 0.6 is 0 Å². The maximum atomic E-state index is 2.33. The minimum absolute atomic E-state index is 0.173. The van der Waals surface area contributed by atoms with E-state index >= 15 is 0 Å². The molecule has 0 heterocycles. The van der Waals surface area contributed by atoms with Crippen LogP contribution < -0.4 is 0 Å². The van der Waals surface area contributed by atoms with E-state index in [0.29, 0.717) is 0 Å². The van der Waals surface area contributed by atoms with Crippen molar-refractivity contribution in [2.75, 3.05) is 0 Å². The van der Waals surface area contributed by atoms with Gasteiger partial charge in [-0.2, -0.15) is 0 Å². The molecule has 4 aromatic rings. The minimum atomic E-state index is 0.173. The number of hydrogen-bond acceptors (Lipinski definition) is 0. The van der Waals surface area contributed by atoms with E-state index in [9.17, 15) is 0 Å². The maximum absolute atomic E-state index is 2.33. The zero-order valence-corrected chi connectivity index (χ0v) is 11.4. The molecule has 6 rings (SSSR count). The van der Waals surface area contributed by atoms with Gasteiger partial charge < -0.3 is 0 Å². The first kappa shape index (κ1) is 10.2. The Bertz CT molecular complexity index is 996. The van der Waals surface area contributed by atoms with Crippen LogP contribution in [0.4, 0.5) is 0 Å². The molecule has 0 N–H and O–H groups in total. The lowest BCUT2D eigenvalue weighted by atomic mass is 10.1. The average molecular weight is 264 g/mol. The Balaban J connectivity index is 1.71. The van der Waals surface area contributed by atoms with E-state index in [1.807, 2.05) is 0 Å². The van der Waals surface area contributed by atoms with Gasteiger partial charge in [-0.05, 0) is 43.8 Å². The molecule has 0 saturated heterocycles. The molecule has 0 aromatic heterocycles. The van der Waals surface area contributed by atoms with Crippen LogP contribution in [-0.4, -0.2) is 0 Å². The Kier molecular flexibility index (Phi) is 1.46. The molecule has 1 spiro atoms. The van der Waals surface area contributed by atoms with Crippen LogP contribution in [0.25, 0.3) is 21.5 Å². The van der Waals surface area contributed by atoms with Crippen LogP contribution in [-0.2, 0) is 5.41 Å². The Morgan fingerprint density at radius 1 is 0.476 bits per heavy atom.